The third-order valence-electron chi connectivity index (χ3n) is 2.45. The van der Waals surface area contributed by atoms with Gasteiger partial charge in [-0.05, 0) is 19.4 Å². The maximum Gasteiger partial charge on any atom is 0.359 e. The third kappa shape index (κ3) is 2.57. The number of hydrogen-bond donors (Lipinski definition) is 1. The van der Waals surface area contributed by atoms with Crippen molar-refractivity contribution in [2.24, 2.45) is 0 Å². The molecule has 0 saturated heterocycles. The summed E-state index contributed by atoms with van der Waals surface area (Å²) in [5, 5.41) is 0.793. The van der Waals surface area contributed by atoms with Gasteiger partial charge in [0.2, 0.25) is 0 Å². The van der Waals surface area contributed by atoms with Crippen LogP contribution in [0.2, 0.25) is 0 Å². The van der Waals surface area contributed by atoms with Crippen molar-refractivity contribution in [3.05, 3.63) is 35.5 Å². The minimum Gasteiger partial charge on any atom is -0.461 e. The van der Waals surface area contributed by atoms with Crippen molar-refractivity contribution >= 4 is 29.9 Å². The van der Waals surface area contributed by atoms with Crippen LogP contribution in [0.4, 0.5) is 0 Å². The maximum atomic E-state index is 11.7. The summed E-state index contributed by atoms with van der Waals surface area (Å²) in [5.41, 5.74) is 2.44. The van der Waals surface area contributed by atoms with Gasteiger partial charge in [-0.15, -0.1) is 24.0 Å². The molecule has 0 aliphatic rings. The summed E-state index contributed by atoms with van der Waals surface area (Å²) in [6.45, 7) is 4.12. The van der Waals surface area contributed by atoms with Crippen LogP contribution in [-0.4, -0.2) is 17.6 Å². The van der Waals surface area contributed by atoms with Gasteiger partial charge in [0.15, 0.2) is 5.69 Å². The predicted octanol–water partition coefficient (Wildman–Crippen LogP) is 3.58. The van der Waals surface area contributed by atoms with Gasteiger partial charge in [0.05, 0.1) is 10.8 Å². The van der Waals surface area contributed by atoms with E-state index in [0.29, 0.717) is 16.5 Å². The van der Waals surface area contributed by atoms with E-state index in [0.717, 1.165) is 16.1 Å². The fourth-order valence-corrected chi connectivity index (χ4v) is 2.86. The number of aromatic nitrogens is 1. The highest BCUT2D eigenvalue weighted by molar-refractivity contribution is 7.83. The smallest absolute Gasteiger partial charge is 0.359 e. The zero-order chi connectivity index (χ0) is 13.1. The van der Waals surface area contributed by atoms with Crippen molar-refractivity contribution in [2.45, 2.75) is 18.1 Å². The SMILES string of the molecule is CCOC(=O)c1nc(-c2ccccc2C)sc1S. The molecule has 0 bridgehead atoms. The number of thiol groups is 1. The minimum absolute atomic E-state index is 0.295. The summed E-state index contributed by atoms with van der Waals surface area (Å²) in [6, 6.07) is 7.92. The number of nitrogens with zero attached hydrogens (tertiary/aromatic N) is 1. The molecule has 3 nitrogen and oxygen atoms in total. The molecular formula is C13H13NO2S2. The average molecular weight is 279 g/mol. The zero-order valence-corrected chi connectivity index (χ0v) is 11.8. The van der Waals surface area contributed by atoms with Crippen LogP contribution in [0, 0.1) is 6.92 Å². The second-order valence-electron chi connectivity index (χ2n) is 3.71. The molecule has 18 heavy (non-hydrogen) atoms. The lowest BCUT2D eigenvalue weighted by molar-refractivity contribution is 0.0516. The Morgan fingerprint density at radius 2 is 2.17 bits per heavy atom. The Hall–Kier alpha value is -1.33. The first-order chi connectivity index (χ1) is 8.63. The van der Waals surface area contributed by atoms with E-state index < -0.39 is 5.97 Å². The van der Waals surface area contributed by atoms with E-state index >= 15 is 0 Å². The molecule has 2 rings (SSSR count). The third-order valence-corrected chi connectivity index (χ3v) is 3.83. The van der Waals surface area contributed by atoms with Gasteiger partial charge in [-0.1, -0.05) is 24.3 Å². The first-order valence-electron chi connectivity index (χ1n) is 5.56. The number of carbonyl (C=O) groups is 1. The molecule has 0 aliphatic heterocycles. The van der Waals surface area contributed by atoms with Crippen LogP contribution < -0.4 is 0 Å². The standard InChI is InChI=1S/C13H13NO2S2/c1-3-16-12(15)10-13(17)18-11(14-10)9-7-5-4-6-8(9)2/h4-7,17H,3H2,1-2H3. The monoisotopic (exact) mass is 279 g/mol. The first-order valence-corrected chi connectivity index (χ1v) is 6.82. The van der Waals surface area contributed by atoms with Crippen LogP contribution in [0.25, 0.3) is 10.6 Å². The molecular weight excluding hydrogens is 266 g/mol. The van der Waals surface area contributed by atoms with Gasteiger partial charge < -0.3 is 4.74 Å². The van der Waals surface area contributed by atoms with Gasteiger partial charge >= 0.3 is 5.97 Å². The molecule has 2 aromatic rings. The molecule has 0 atom stereocenters. The lowest BCUT2D eigenvalue weighted by Gasteiger charge is -2.00. The van der Waals surface area contributed by atoms with Crippen LogP contribution in [-0.2, 0) is 4.74 Å². The van der Waals surface area contributed by atoms with Crippen molar-refractivity contribution in [1.29, 1.82) is 0 Å². The van der Waals surface area contributed by atoms with Crippen LogP contribution >= 0.6 is 24.0 Å². The minimum atomic E-state index is -0.418. The van der Waals surface area contributed by atoms with Crippen LogP contribution in [0.3, 0.4) is 0 Å². The number of esters is 1. The Morgan fingerprint density at radius 3 is 2.83 bits per heavy atom. The van der Waals surface area contributed by atoms with Gasteiger partial charge in [-0.25, -0.2) is 9.78 Å². The first kappa shape index (κ1) is 13.1. The van der Waals surface area contributed by atoms with E-state index in [9.17, 15) is 4.79 Å². The highest BCUT2D eigenvalue weighted by atomic mass is 32.2. The van der Waals surface area contributed by atoms with Crippen molar-refractivity contribution in [2.75, 3.05) is 6.61 Å². The van der Waals surface area contributed by atoms with E-state index in [1.165, 1.54) is 11.3 Å². The molecule has 94 valence electrons. The number of ether oxygens (including phenoxy) is 1. The van der Waals surface area contributed by atoms with Gasteiger partial charge in [-0.3, -0.25) is 0 Å². The molecule has 0 radical (unpaired) electrons. The molecule has 1 heterocycles. The number of hydrogen-bond acceptors (Lipinski definition) is 5. The summed E-state index contributed by atoms with van der Waals surface area (Å²) in [6.07, 6.45) is 0. The molecule has 5 heteroatoms. The van der Waals surface area contributed by atoms with Gasteiger partial charge in [0, 0.05) is 5.56 Å². The zero-order valence-electron chi connectivity index (χ0n) is 10.1. The quantitative estimate of drug-likeness (QED) is 0.689. The predicted molar refractivity (Wildman–Crippen MR) is 75.5 cm³/mol. The highest BCUT2D eigenvalue weighted by Crippen LogP contribution is 2.32. The molecule has 0 N–H and O–H groups in total. The van der Waals surface area contributed by atoms with Crippen LogP contribution in [0.1, 0.15) is 23.0 Å². The molecule has 0 aliphatic carbocycles. The van der Waals surface area contributed by atoms with E-state index in [1.807, 2.05) is 31.2 Å². The Kier molecular flexibility index (Phi) is 4.04. The number of rotatable bonds is 3. The van der Waals surface area contributed by atoms with Crippen molar-refractivity contribution in [1.82, 2.24) is 4.98 Å². The Bertz CT molecular complexity index is 578. The molecule has 0 spiro atoms. The van der Waals surface area contributed by atoms with Crippen molar-refractivity contribution in [3.8, 4) is 10.6 Å². The normalized spacial score (nSPS) is 10.4. The average Bonchev–Trinajstić information content (AvgIpc) is 2.72. The summed E-state index contributed by atoms with van der Waals surface area (Å²) < 4.78 is 5.53. The highest BCUT2D eigenvalue weighted by Gasteiger charge is 2.18. The molecule has 0 saturated carbocycles. The number of thiazole rings is 1. The fraction of sp³-hybridized carbons (Fsp3) is 0.231. The molecule has 0 unspecified atom stereocenters. The number of carbonyl (C=O) groups excluding carboxylic acids is 1. The van der Waals surface area contributed by atoms with Crippen molar-refractivity contribution < 1.29 is 9.53 Å². The summed E-state index contributed by atoms with van der Waals surface area (Å²) in [5.74, 6) is -0.418. The van der Waals surface area contributed by atoms with Gasteiger partial charge in [0.1, 0.15) is 5.01 Å². The van der Waals surface area contributed by atoms with Crippen LogP contribution in [0.5, 0.6) is 0 Å². The fourth-order valence-electron chi connectivity index (χ4n) is 1.57. The van der Waals surface area contributed by atoms with Gasteiger partial charge in [0.25, 0.3) is 0 Å². The largest absolute Gasteiger partial charge is 0.461 e. The number of benzene rings is 1. The second-order valence-corrected chi connectivity index (χ2v) is 5.46. The Balaban J connectivity index is 2.41. The molecule has 1 aromatic carbocycles. The van der Waals surface area contributed by atoms with E-state index in [1.54, 1.807) is 6.92 Å². The van der Waals surface area contributed by atoms with Crippen LogP contribution in [0.15, 0.2) is 28.5 Å². The summed E-state index contributed by atoms with van der Waals surface area (Å²) in [4.78, 5) is 16.0. The van der Waals surface area contributed by atoms with Crippen molar-refractivity contribution in [3.63, 3.8) is 0 Å². The number of aryl methyl sites for hydroxylation is 1. The molecule has 1 aromatic heterocycles. The Labute approximate surface area is 115 Å². The lowest BCUT2D eigenvalue weighted by Crippen LogP contribution is -2.05. The Morgan fingerprint density at radius 1 is 1.44 bits per heavy atom. The van der Waals surface area contributed by atoms with E-state index in [2.05, 4.69) is 17.6 Å². The topological polar surface area (TPSA) is 39.2 Å². The molecule has 0 amide bonds. The summed E-state index contributed by atoms with van der Waals surface area (Å²) in [7, 11) is 0. The maximum absolute atomic E-state index is 11.7. The lowest BCUT2D eigenvalue weighted by atomic mass is 10.1. The summed E-state index contributed by atoms with van der Waals surface area (Å²) >= 11 is 5.68. The second kappa shape index (κ2) is 5.54. The molecule has 0 fully saturated rings. The van der Waals surface area contributed by atoms with Gasteiger partial charge in [-0.2, -0.15) is 0 Å². The van der Waals surface area contributed by atoms with E-state index in [4.69, 9.17) is 4.74 Å². The van der Waals surface area contributed by atoms with E-state index in [-0.39, 0.29) is 0 Å².